The molecule has 1 aromatic rings. The predicted octanol–water partition coefficient (Wildman–Crippen LogP) is 3.83. The summed E-state index contributed by atoms with van der Waals surface area (Å²) in [6.45, 7) is 7.75. The van der Waals surface area contributed by atoms with Crippen molar-refractivity contribution < 1.29 is 0 Å². The van der Waals surface area contributed by atoms with Crippen LogP contribution in [0.5, 0.6) is 0 Å². The van der Waals surface area contributed by atoms with Gasteiger partial charge in [-0.3, -0.25) is 4.90 Å². The Hall–Kier alpha value is -0.380. The summed E-state index contributed by atoms with van der Waals surface area (Å²) >= 11 is 3.50. The first-order valence-corrected chi connectivity index (χ1v) is 8.56. The number of nitrogens with two attached hydrogens (primary N) is 1. The average Bonchev–Trinajstić information content (AvgIpc) is 2.91. The zero-order valence-electron chi connectivity index (χ0n) is 12.7. The molecule has 0 radical (unpaired) electrons. The van der Waals surface area contributed by atoms with Crippen LogP contribution in [0.2, 0.25) is 0 Å². The van der Waals surface area contributed by atoms with Gasteiger partial charge in [0.1, 0.15) is 0 Å². The third kappa shape index (κ3) is 3.84. The van der Waals surface area contributed by atoms with Crippen LogP contribution in [-0.2, 0) is 6.42 Å². The average molecular weight is 339 g/mol. The summed E-state index contributed by atoms with van der Waals surface area (Å²) in [4.78, 5) is 2.62. The van der Waals surface area contributed by atoms with Crippen molar-refractivity contribution in [1.82, 2.24) is 4.90 Å². The topological polar surface area (TPSA) is 29.3 Å². The van der Waals surface area contributed by atoms with Crippen molar-refractivity contribution in [2.75, 3.05) is 19.6 Å². The van der Waals surface area contributed by atoms with Gasteiger partial charge in [-0.2, -0.15) is 0 Å². The molecule has 1 aliphatic rings. The van der Waals surface area contributed by atoms with E-state index in [-0.39, 0.29) is 5.54 Å². The van der Waals surface area contributed by atoms with Crippen LogP contribution < -0.4 is 5.73 Å². The minimum Gasteiger partial charge on any atom is -0.329 e. The summed E-state index contributed by atoms with van der Waals surface area (Å²) in [5.74, 6) is 0.871. The molecule has 0 aliphatic carbocycles. The van der Waals surface area contributed by atoms with Crippen molar-refractivity contribution in [2.24, 2.45) is 11.7 Å². The Bertz CT molecular complexity index is 418. The maximum Gasteiger partial charge on any atom is 0.0343 e. The zero-order chi connectivity index (χ0) is 14.6. The highest BCUT2D eigenvalue weighted by atomic mass is 79.9. The van der Waals surface area contributed by atoms with Crippen LogP contribution >= 0.6 is 15.9 Å². The minimum atomic E-state index is 0.0936. The highest BCUT2D eigenvalue weighted by Gasteiger charge is 2.35. The summed E-state index contributed by atoms with van der Waals surface area (Å²) in [5.41, 5.74) is 7.60. The number of benzene rings is 1. The van der Waals surface area contributed by atoms with E-state index < -0.39 is 0 Å². The van der Waals surface area contributed by atoms with Crippen LogP contribution in [0.25, 0.3) is 0 Å². The molecule has 2 unspecified atom stereocenters. The Morgan fingerprint density at radius 3 is 2.65 bits per heavy atom. The molecule has 1 aromatic carbocycles. The predicted molar refractivity (Wildman–Crippen MR) is 89.9 cm³/mol. The van der Waals surface area contributed by atoms with Crippen LogP contribution in [0.3, 0.4) is 0 Å². The van der Waals surface area contributed by atoms with Gasteiger partial charge < -0.3 is 5.73 Å². The van der Waals surface area contributed by atoms with Crippen molar-refractivity contribution in [3.63, 3.8) is 0 Å². The molecule has 2 rings (SSSR count). The van der Waals surface area contributed by atoms with Gasteiger partial charge in [-0.05, 0) is 56.3 Å². The smallest absolute Gasteiger partial charge is 0.0343 e. The van der Waals surface area contributed by atoms with E-state index in [1.54, 1.807) is 0 Å². The monoisotopic (exact) mass is 338 g/mol. The van der Waals surface area contributed by atoms with Crippen molar-refractivity contribution in [3.8, 4) is 0 Å². The molecule has 1 heterocycles. The second-order valence-electron chi connectivity index (χ2n) is 6.39. The van der Waals surface area contributed by atoms with Gasteiger partial charge in [-0.25, -0.2) is 0 Å². The lowest BCUT2D eigenvalue weighted by molar-refractivity contribution is 0.136. The molecule has 20 heavy (non-hydrogen) atoms. The highest BCUT2D eigenvalue weighted by molar-refractivity contribution is 9.10. The number of rotatable bonds is 6. The van der Waals surface area contributed by atoms with Gasteiger partial charge in [0.25, 0.3) is 0 Å². The lowest BCUT2D eigenvalue weighted by atomic mass is 9.91. The molecule has 1 aliphatic heterocycles. The fourth-order valence-electron chi connectivity index (χ4n) is 3.32. The highest BCUT2D eigenvalue weighted by Crippen LogP contribution is 2.29. The molecule has 1 saturated heterocycles. The van der Waals surface area contributed by atoms with Gasteiger partial charge in [0, 0.05) is 23.1 Å². The van der Waals surface area contributed by atoms with Gasteiger partial charge in [-0.1, -0.05) is 41.4 Å². The maximum atomic E-state index is 6.13. The van der Waals surface area contributed by atoms with E-state index in [1.165, 1.54) is 37.9 Å². The van der Waals surface area contributed by atoms with Crippen molar-refractivity contribution in [3.05, 3.63) is 34.3 Å². The van der Waals surface area contributed by atoms with E-state index in [2.05, 4.69) is 58.9 Å². The molecule has 2 N–H and O–H groups in total. The van der Waals surface area contributed by atoms with E-state index >= 15 is 0 Å². The second-order valence-corrected chi connectivity index (χ2v) is 7.31. The quantitative estimate of drug-likeness (QED) is 0.853. The fourth-order valence-corrected chi connectivity index (χ4v) is 3.59. The third-order valence-electron chi connectivity index (χ3n) is 4.68. The van der Waals surface area contributed by atoms with E-state index in [0.29, 0.717) is 0 Å². The normalized spacial score (nSPS) is 22.9. The first-order chi connectivity index (χ1) is 9.57. The summed E-state index contributed by atoms with van der Waals surface area (Å²) < 4.78 is 1.14. The first-order valence-electron chi connectivity index (χ1n) is 7.77. The SMILES string of the molecule is CCCC1CCN(C(C)(CN)Cc2ccc(Br)cc2)C1. The number of likely N-dealkylation sites (tertiary alicyclic amines) is 1. The molecule has 0 aromatic heterocycles. The lowest BCUT2D eigenvalue weighted by Gasteiger charge is -2.38. The van der Waals surface area contributed by atoms with Crippen molar-refractivity contribution in [2.45, 2.75) is 45.1 Å². The zero-order valence-corrected chi connectivity index (χ0v) is 14.3. The second kappa shape index (κ2) is 7.06. The molecule has 0 saturated carbocycles. The van der Waals surface area contributed by atoms with E-state index in [4.69, 9.17) is 5.73 Å². The van der Waals surface area contributed by atoms with Crippen LogP contribution in [0.1, 0.15) is 38.7 Å². The van der Waals surface area contributed by atoms with Crippen molar-refractivity contribution >= 4 is 15.9 Å². The number of hydrogen-bond acceptors (Lipinski definition) is 2. The lowest BCUT2D eigenvalue weighted by Crippen LogP contribution is -2.52. The molecule has 1 fully saturated rings. The van der Waals surface area contributed by atoms with E-state index in [1.807, 2.05) is 0 Å². The Balaban J connectivity index is 2.03. The number of halogens is 1. The van der Waals surface area contributed by atoms with Crippen molar-refractivity contribution in [1.29, 1.82) is 0 Å². The minimum absolute atomic E-state index is 0.0936. The standard InChI is InChI=1S/C17H27BrN2/c1-3-4-15-9-10-20(12-15)17(2,13-19)11-14-5-7-16(18)8-6-14/h5-8,15H,3-4,9-13,19H2,1-2H3. The summed E-state index contributed by atoms with van der Waals surface area (Å²) in [6, 6.07) is 8.65. The van der Waals surface area contributed by atoms with Gasteiger partial charge in [0.05, 0.1) is 0 Å². The molecular weight excluding hydrogens is 312 g/mol. The summed E-state index contributed by atoms with van der Waals surface area (Å²) in [6.07, 6.45) is 5.03. The molecule has 0 amide bonds. The molecule has 2 atom stereocenters. The largest absolute Gasteiger partial charge is 0.329 e. The Morgan fingerprint density at radius 2 is 2.05 bits per heavy atom. The fraction of sp³-hybridized carbons (Fsp3) is 0.647. The van der Waals surface area contributed by atoms with E-state index in [9.17, 15) is 0 Å². The molecule has 0 bridgehead atoms. The Kier molecular flexibility index (Phi) is 5.65. The number of hydrogen-bond donors (Lipinski definition) is 1. The maximum absolute atomic E-state index is 6.13. The van der Waals surface area contributed by atoms with Gasteiger partial charge >= 0.3 is 0 Å². The summed E-state index contributed by atoms with van der Waals surface area (Å²) in [7, 11) is 0. The summed E-state index contributed by atoms with van der Waals surface area (Å²) in [5, 5.41) is 0. The first kappa shape index (κ1) is 16.0. The van der Waals surface area contributed by atoms with Gasteiger partial charge in [0.15, 0.2) is 0 Å². The van der Waals surface area contributed by atoms with Crippen LogP contribution in [0.4, 0.5) is 0 Å². The Labute approximate surface area is 131 Å². The van der Waals surface area contributed by atoms with E-state index in [0.717, 1.165) is 23.4 Å². The van der Waals surface area contributed by atoms with Crippen LogP contribution in [0, 0.1) is 5.92 Å². The molecule has 0 spiro atoms. The number of nitrogens with zero attached hydrogens (tertiary/aromatic N) is 1. The van der Waals surface area contributed by atoms with Gasteiger partial charge in [0.2, 0.25) is 0 Å². The van der Waals surface area contributed by atoms with Gasteiger partial charge in [-0.15, -0.1) is 0 Å². The molecule has 112 valence electrons. The van der Waals surface area contributed by atoms with Crippen LogP contribution in [0.15, 0.2) is 28.7 Å². The molecule has 3 heteroatoms. The third-order valence-corrected chi connectivity index (χ3v) is 5.21. The Morgan fingerprint density at radius 1 is 1.35 bits per heavy atom. The molecular formula is C17H27BrN2. The molecule has 2 nitrogen and oxygen atoms in total. The van der Waals surface area contributed by atoms with Crippen LogP contribution in [-0.4, -0.2) is 30.1 Å².